The predicted molar refractivity (Wildman–Crippen MR) is 289 cm³/mol. The van der Waals surface area contributed by atoms with Crippen LogP contribution in [0.3, 0.4) is 0 Å². The van der Waals surface area contributed by atoms with Crippen LogP contribution >= 0.6 is 22.7 Å². The van der Waals surface area contributed by atoms with Crippen LogP contribution in [0.2, 0.25) is 0 Å². The summed E-state index contributed by atoms with van der Waals surface area (Å²) in [5.41, 5.74) is 5.55. The van der Waals surface area contributed by atoms with Crippen molar-refractivity contribution in [1.29, 1.82) is 0 Å². The highest BCUT2D eigenvalue weighted by atomic mass is 32.2. The van der Waals surface area contributed by atoms with Crippen molar-refractivity contribution >= 4 is 72.9 Å². The third kappa shape index (κ3) is 15.0. The van der Waals surface area contributed by atoms with Gasteiger partial charge in [-0.1, -0.05) is 84.9 Å². The number of nitrogens with zero attached hydrogens (tertiary/aromatic N) is 3. The fraction of sp³-hybridized carbons (Fsp3) is 0.255. The van der Waals surface area contributed by atoms with Gasteiger partial charge in [0.15, 0.2) is 0 Å². The molecule has 0 spiro atoms. The molecule has 72 heavy (non-hydrogen) atoms. The Labute approximate surface area is 427 Å². The molecule has 0 atom stereocenters. The number of thiophene rings is 2. The Bertz CT molecular complexity index is 3640. The number of sulfonamides is 3. The molecule has 0 unspecified atom stereocenters. The van der Waals surface area contributed by atoms with E-state index in [1.54, 1.807) is 42.3 Å². The Morgan fingerprint density at radius 1 is 0.556 bits per heavy atom. The van der Waals surface area contributed by atoms with Crippen molar-refractivity contribution in [1.82, 2.24) is 28.2 Å². The minimum atomic E-state index is -3.63. The second kappa shape index (κ2) is 23.7. The highest BCUT2D eigenvalue weighted by molar-refractivity contribution is 7.89. The van der Waals surface area contributed by atoms with Crippen LogP contribution in [0.4, 0.5) is 0 Å². The van der Waals surface area contributed by atoms with Gasteiger partial charge in [-0.3, -0.25) is 9.59 Å². The number of hydrogen-bond donors (Lipinski definition) is 3. The van der Waals surface area contributed by atoms with Gasteiger partial charge in [-0.15, -0.1) is 22.7 Å². The lowest BCUT2D eigenvalue weighted by Gasteiger charge is -2.19. The van der Waals surface area contributed by atoms with Gasteiger partial charge >= 0.3 is 0 Å². The molecule has 8 aromatic rings. The summed E-state index contributed by atoms with van der Waals surface area (Å²) in [6, 6.07) is 39.0. The van der Waals surface area contributed by atoms with Gasteiger partial charge in [-0.2, -0.15) is 4.31 Å². The fourth-order valence-corrected chi connectivity index (χ4v) is 11.8. The molecule has 16 nitrogen and oxygen atoms in total. The van der Waals surface area contributed by atoms with Crippen LogP contribution in [0.1, 0.15) is 20.9 Å². The maximum Gasteiger partial charge on any atom is 0.259 e. The molecule has 8 rings (SSSR count). The third-order valence-electron chi connectivity index (χ3n) is 11.1. The van der Waals surface area contributed by atoms with E-state index in [2.05, 4.69) is 14.8 Å². The molecular weight excluding hydrogens is 1020 g/mol. The van der Waals surface area contributed by atoms with E-state index in [0.29, 0.717) is 54.2 Å². The van der Waals surface area contributed by atoms with E-state index in [-0.39, 0.29) is 30.8 Å². The molecule has 0 radical (unpaired) electrons. The van der Waals surface area contributed by atoms with Crippen molar-refractivity contribution in [3.05, 3.63) is 175 Å². The Hall–Kier alpha value is -6.01. The number of fused-ring (bicyclic) bond motifs is 2. The van der Waals surface area contributed by atoms with Crippen LogP contribution in [0, 0.1) is 0 Å². The van der Waals surface area contributed by atoms with Crippen molar-refractivity contribution in [2.45, 2.75) is 26.3 Å². The quantitative estimate of drug-likeness (QED) is 0.0651. The molecule has 4 aromatic heterocycles. The number of hydrogen-bond acceptors (Lipinski definition) is 13. The van der Waals surface area contributed by atoms with E-state index in [1.165, 1.54) is 20.2 Å². The number of nitrogens with one attached hydrogen (secondary N) is 3. The van der Waals surface area contributed by atoms with Gasteiger partial charge in [0, 0.05) is 96.0 Å². The monoisotopic (exact) mass is 1070 g/mol. The van der Waals surface area contributed by atoms with Gasteiger partial charge in [0.25, 0.3) is 11.1 Å². The zero-order chi connectivity index (χ0) is 51.6. The van der Waals surface area contributed by atoms with Gasteiger partial charge in [-0.05, 0) is 58.7 Å². The van der Waals surface area contributed by atoms with Gasteiger partial charge in [0.05, 0.1) is 29.5 Å². The first-order valence-corrected chi connectivity index (χ1v) is 29.8. The number of benzene rings is 4. The minimum absolute atomic E-state index is 0.0203. The lowest BCUT2D eigenvalue weighted by atomic mass is 10.1. The first kappa shape index (κ1) is 53.8. The van der Waals surface area contributed by atoms with E-state index < -0.39 is 30.1 Å². The number of aryl methyl sites for hydroxylation is 2. The number of aromatic nitrogens is 2. The summed E-state index contributed by atoms with van der Waals surface area (Å²) in [7, 11) is -6.85. The molecule has 0 aliphatic heterocycles. The van der Waals surface area contributed by atoms with Crippen molar-refractivity contribution in [3.8, 4) is 33.8 Å². The van der Waals surface area contributed by atoms with Crippen LogP contribution in [0.15, 0.2) is 143 Å². The van der Waals surface area contributed by atoms with E-state index in [9.17, 15) is 34.8 Å². The Morgan fingerprint density at radius 2 is 1.01 bits per heavy atom. The van der Waals surface area contributed by atoms with Crippen LogP contribution in [0.5, 0.6) is 11.5 Å². The highest BCUT2D eigenvalue weighted by Gasteiger charge is 2.21. The highest BCUT2D eigenvalue weighted by Crippen LogP contribution is 2.36. The lowest BCUT2D eigenvalue weighted by Crippen LogP contribution is -2.37. The van der Waals surface area contributed by atoms with E-state index in [1.807, 2.05) is 121 Å². The SMILES string of the molecule is Cn1cc(-c2cccc(OCc3ccccc3)c2)c2sc(CN(CCNS(C)(=O)=O)S(C)(=O)=O)cc2c1=O.Cn1cc(-c2cccc(OCc3ccccc3)c2)c2sc(CNCCNS(C)(=O)=O)cc2c1=O. The summed E-state index contributed by atoms with van der Waals surface area (Å²) in [5, 5.41) is 4.39. The maximum atomic E-state index is 13.0. The van der Waals surface area contributed by atoms with Gasteiger partial charge in [-0.25, -0.2) is 34.7 Å². The first-order valence-electron chi connectivity index (χ1n) is 22.5. The summed E-state index contributed by atoms with van der Waals surface area (Å²) in [6.07, 6.45) is 6.86. The Morgan fingerprint density at radius 3 is 1.49 bits per heavy atom. The van der Waals surface area contributed by atoms with Crippen molar-refractivity contribution in [2.75, 3.05) is 44.9 Å². The zero-order valence-electron chi connectivity index (χ0n) is 40.3. The van der Waals surface area contributed by atoms with Gasteiger partial charge < -0.3 is 23.9 Å². The smallest absolute Gasteiger partial charge is 0.259 e. The maximum absolute atomic E-state index is 13.0. The number of pyridine rings is 2. The summed E-state index contributed by atoms with van der Waals surface area (Å²) in [5.74, 6) is 1.45. The molecule has 0 saturated heterocycles. The summed E-state index contributed by atoms with van der Waals surface area (Å²) in [4.78, 5) is 27.4. The average molecular weight is 1070 g/mol. The van der Waals surface area contributed by atoms with E-state index in [0.717, 1.165) is 72.2 Å². The van der Waals surface area contributed by atoms with E-state index >= 15 is 0 Å². The standard InChI is InChI=1S/C26H29N3O6S3.C25H27N3O4S2/c1-28-17-24(20-10-7-11-21(14-20)35-18-19-8-5-4-6-9-19)25-23(26(28)30)15-22(36-25)16-29(38(3,33)34)13-12-27-37(2,31)32;1-28-16-23(19-9-6-10-20(13-19)32-17-18-7-4-3-5-8-18)24-22(25(28)29)14-21(33-24)15-26-11-12-27-34(2,30)31/h4-11,14-15,17,27H,12-13,16,18H2,1-3H3;3-10,13-14,16,26-27H,11-12,15,17H2,1-2H3. The molecule has 4 aromatic carbocycles. The summed E-state index contributed by atoms with van der Waals surface area (Å²) >= 11 is 2.91. The second-order valence-electron chi connectivity index (χ2n) is 17.0. The molecule has 4 heterocycles. The molecule has 0 saturated carbocycles. The Kier molecular flexibility index (Phi) is 17.7. The third-order valence-corrected chi connectivity index (χ3v) is 16.1. The number of ether oxygens (including phenoxy) is 2. The second-order valence-corrected chi connectivity index (χ2v) is 25.0. The Balaban J connectivity index is 0.000000213. The molecular formula is C51H56N6O10S5. The molecule has 0 aliphatic rings. The largest absolute Gasteiger partial charge is 0.489 e. The predicted octanol–water partition coefficient (Wildman–Crippen LogP) is 6.64. The summed E-state index contributed by atoms with van der Waals surface area (Å²) < 4.78 is 92.7. The lowest BCUT2D eigenvalue weighted by molar-refractivity contribution is 0.306. The van der Waals surface area contributed by atoms with Crippen LogP contribution in [-0.4, -0.2) is 83.6 Å². The topological polar surface area (TPSA) is 204 Å². The van der Waals surface area contributed by atoms with Crippen LogP contribution in [-0.2, 0) is 70.5 Å². The first-order chi connectivity index (χ1) is 34.2. The van der Waals surface area contributed by atoms with E-state index in [4.69, 9.17) is 9.47 Å². The molecule has 3 N–H and O–H groups in total. The summed E-state index contributed by atoms with van der Waals surface area (Å²) in [6.45, 7) is 2.19. The van der Waals surface area contributed by atoms with Gasteiger partial charge in [0.2, 0.25) is 30.1 Å². The van der Waals surface area contributed by atoms with Crippen molar-refractivity contribution in [3.63, 3.8) is 0 Å². The minimum Gasteiger partial charge on any atom is -0.489 e. The molecule has 0 aliphatic carbocycles. The molecule has 0 amide bonds. The zero-order valence-corrected chi connectivity index (χ0v) is 44.4. The van der Waals surface area contributed by atoms with Crippen LogP contribution in [0.25, 0.3) is 42.4 Å². The van der Waals surface area contributed by atoms with Crippen LogP contribution < -0.4 is 35.4 Å². The molecule has 380 valence electrons. The van der Waals surface area contributed by atoms with Crippen molar-refractivity contribution < 1.29 is 34.7 Å². The average Bonchev–Trinajstić information content (AvgIpc) is 3.97. The normalized spacial score (nSPS) is 12.0. The molecule has 0 fully saturated rings. The van der Waals surface area contributed by atoms with Gasteiger partial charge in [0.1, 0.15) is 24.7 Å². The fourth-order valence-electron chi connectivity index (χ4n) is 7.60. The molecule has 21 heteroatoms. The number of rotatable bonds is 21. The van der Waals surface area contributed by atoms with Crippen molar-refractivity contribution in [2.24, 2.45) is 14.1 Å². The molecule has 0 bridgehead atoms.